The Hall–Kier alpha value is -2.76. The fourth-order valence-electron chi connectivity index (χ4n) is 2.40. The van der Waals surface area contributed by atoms with E-state index in [1.807, 2.05) is 45.9 Å². The van der Waals surface area contributed by atoms with Gasteiger partial charge in [0.15, 0.2) is 0 Å². The van der Waals surface area contributed by atoms with E-state index < -0.39 is 0 Å². The molecule has 3 N–H and O–H groups in total. The van der Waals surface area contributed by atoms with Crippen LogP contribution in [0.2, 0.25) is 0 Å². The number of amides is 2. The van der Waals surface area contributed by atoms with E-state index in [9.17, 15) is 4.79 Å². The van der Waals surface area contributed by atoms with Crippen LogP contribution in [0.1, 0.15) is 22.4 Å². The molecular weight excluding hydrogens is 304 g/mol. The maximum atomic E-state index is 12.1. The predicted molar refractivity (Wildman–Crippen MR) is 96.8 cm³/mol. The van der Waals surface area contributed by atoms with E-state index in [1.54, 1.807) is 0 Å². The SMILES string of the molecule is COc1nc(C)c(C)cc1NC(=O)NCNc1cc(C)cc(C)c1. The van der Waals surface area contributed by atoms with Crippen LogP contribution in [0.4, 0.5) is 16.2 Å². The number of rotatable bonds is 5. The van der Waals surface area contributed by atoms with Gasteiger partial charge in [-0.25, -0.2) is 9.78 Å². The average Bonchev–Trinajstić information content (AvgIpc) is 2.49. The van der Waals surface area contributed by atoms with Crippen molar-refractivity contribution in [2.45, 2.75) is 27.7 Å². The first kappa shape index (κ1) is 17.6. The molecule has 2 amide bonds. The minimum atomic E-state index is -0.324. The quantitative estimate of drug-likeness (QED) is 0.734. The third-order valence-electron chi connectivity index (χ3n) is 3.64. The molecule has 24 heavy (non-hydrogen) atoms. The highest BCUT2D eigenvalue weighted by Gasteiger charge is 2.10. The molecule has 0 aliphatic rings. The van der Waals surface area contributed by atoms with Gasteiger partial charge in [-0.1, -0.05) is 6.07 Å². The zero-order valence-electron chi connectivity index (χ0n) is 14.8. The number of pyridine rings is 1. The minimum absolute atomic E-state index is 0.315. The number of carbonyl (C=O) groups is 1. The summed E-state index contributed by atoms with van der Waals surface area (Å²) in [4.78, 5) is 16.4. The van der Waals surface area contributed by atoms with Gasteiger partial charge in [0.05, 0.1) is 13.8 Å². The van der Waals surface area contributed by atoms with Gasteiger partial charge >= 0.3 is 6.03 Å². The van der Waals surface area contributed by atoms with Gasteiger partial charge in [0, 0.05) is 11.4 Å². The van der Waals surface area contributed by atoms with Gasteiger partial charge in [0.25, 0.3) is 0 Å². The van der Waals surface area contributed by atoms with Gasteiger partial charge < -0.3 is 20.7 Å². The highest BCUT2D eigenvalue weighted by Crippen LogP contribution is 2.24. The van der Waals surface area contributed by atoms with Crippen LogP contribution in [0, 0.1) is 27.7 Å². The smallest absolute Gasteiger partial charge is 0.320 e. The lowest BCUT2D eigenvalue weighted by Gasteiger charge is -2.13. The lowest BCUT2D eigenvalue weighted by Crippen LogP contribution is -2.33. The largest absolute Gasteiger partial charge is 0.480 e. The van der Waals surface area contributed by atoms with E-state index in [1.165, 1.54) is 18.2 Å². The predicted octanol–water partition coefficient (Wildman–Crippen LogP) is 3.51. The van der Waals surface area contributed by atoms with Crippen molar-refractivity contribution in [2.75, 3.05) is 24.4 Å². The summed E-state index contributed by atoms with van der Waals surface area (Å²) in [6.45, 7) is 8.23. The number of ether oxygens (including phenoxy) is 1. The van der Waals surface area contributed by atoms with Gasteiger partial charge in [0.2, 0.25) is 5.88 Å². The number of hydrogen-bond donors (Lipinski definition) is 3. The summed E-state index contributed by atoms with van der Waals surface area (Å²) < 4.78 is 5.21. The van der Waals surface area contributed by atoms with Crippen molar-refractivity contribution in [1.29, 1.82) is 0 Å². The third kappa shape index (κ3) is 4.62. The summed E-state index contributed by atoms with van der Waals surface area (Å²) in [5.41, 5.74) is 5.72. The number of nitrogens with one attached hydrogen (secondary N) is 3. The summed E-state index contributed by atoms with van der Waals surface area (Å²) in [5.74, 6) is 0.399. The lowest BCUT2D eigenvalue weighted by atomic mass is 10.1. The van der Waals surface area contributed by atoms with Gasteiger partial charge in [-0.2, -0.15) is 0 Å². The molecule has 0 saturated carbocycles. The van der Waals surface area contributed by atoms with Crippen molar-refractivity contribution < 1.29 is 9.53 Å². The second-order valence-corrected chi connectivity index (χ2v) is 5.81. The molecule has 6 heteroatoms. The highest BCUT2D eigenvalue weighted by atomic mass is 16.5. The number of aromatic nitrogens is 1. The first-order valence-electron chi connectivity index (χ1n) is 7.78. The van der Waals surface area contributed by atoms with Gasteiger partial charge in [-0.05, 0) is 62.6 Å². The van der Waals surface area contributed by atoms with Crippen molar-refractivity contribution in [1.82, 2.24) is 10.3 Å². The van der Waals surface area contributed by atoms with E-state index in [-0.39, 0.29) is 6.03 Å². The molecule has 0 saturated heterocycles. The van der Waals surface area contributed by atoms with E-state index in [0.29, 0.717) is 18.2 Å². The molecule has 0 aliphatic heterocycles. The van der Waals surface area contributed by atoms with Crippen LogP contribution in [-0.4, -0.2) is 24.8 Å². The highest BCUT2D eigenvalue weighted by molar-refractivity contribution is 5.90. The van der Waals surface area contributed by atoms with Crippen LogP contribution >= 0.6 is 0 Å². The summed E-state index contributed by atoms with van der Waals surface area (Å²) >= 11 is 0. The number of benzene rings is 1. The van der Waals surface area contributed by atoms with Gasteiger partial charge in [-0.15, -0.1) is 0 Å². The molecule has 0 atom stereocenters. The van der Waals surface area contributed by atoms with Crippen LogP contribution in [0.5, 0.6) is 5.88 Å². The van der Waals surface area contributed by atoms with E-state index >= 15 is 0 Å². The first-order chi connectivity index (χ1) is 11.4. The summed E-state index contributed by atoms with van der Waals surface area (Å²) in [7, 11) is 1.53. The van der Waals surface area contributed by atoms with E-state index in [2.05, 4.69) is 27.0 Å². The van der Waals surface area contributed by atoms with Crippen LogP contribution in [-0.2, 0) is 0 Å². The van der Waals surface area contributed by atoms with Crippen LogP contribution in [0.15, 0.2) is 24.3 Å². The van der Waals surface area contributed by atoms with Crippen molar-refractivity contribution in [3.63, 3.8) is 0 Å². The monoisotopic (exact) mass is 328 g/mol. The van der Waals surface area contributed by atoms with Crippen molar-refractivity contribution >= 4 is 17.4 Å². The Morgan fingerprint density at radius 1 is 1.08 bits per heavy atom. The lowest BCUT2D eigenvalue weighted by molar-refractivity contribution is 0.252. The Bertz CT molecular complexity index is 724. The Labute approximate surface area is 142 Å². The number of urea groups is 1. The second-order valence-electron chi connectivity index (χ2n) is 5.81. The fourth-order valence-corrected chi connectivity index (χ4v) is 2.40. The van der Waals surface area contributed by atoms with Crippen molar-refractivity contribution in [3.05, 3.63) is 46.6 Å². The summed E-state index contributed by atoms with van der Waals surface area (Å²) in [6, 6.07) is 7.68. The zero-order chi connectivity index (χ0) is 17.7. The number of aryl methyl sites for hydroxylation is 4. The number of nitrogens with zero attached hydrogens (tertiary/aromatic N) is 1. The Balaban J connectivity index is 1.93. The Kier molecular flexibility index (Phi) is 5.63. The molecule has 6 nitrogen and oxygen atoms in total. The molecule has 0 fully saturated rings. The average molecular weight is 328 g/mol. The molecule has 2 aromatic rings. The van der Waals surface area contributed by atoms with E-state index in [4.69, 9.17) is 4.74 Å². The second kappa shape index (κ2) is 7.68. The topological polar surface area (TPSA) is 75.3 Å². The van der Waals surface area contributed by atoms with Crippen LogP contribution in [0.25, 0.3) is 0 Å². The molecule has 1 aromatic heterocycles. The Morgan fingerprint density at radius 3 is 2.38 bits per heavy atom. The molecule has 0 spiro atoms. The number of carbonyl (C=O) groups excluding carboxylic acids is 1. The summed E-state index contributed by atoms with van der Waals surface area (Å²) in [6.07, 6.45) is 0. The van der Waals surface area contributed by atoms with Crippen LogP contribution < -0.4 is 20.7 Å². The molecule has 0 radical (unpaired) electrons. The normalized spacial score (nSPS) is 10.2. The molecule has 0 aliphatic carbocycles. The molecular formula is C18H24N4O2. The zero-order valence-corrected chi connectivity index (χ0v) is 14.8. The minimum Gasteiger partial charge on any atom is -0.480 e. The van der Waals surface area contributed by atoms with Gasteiger partial charge in [0.1, 0.15) is 5.69 Å². The maximum Gasteiger partial charge on any atom is 0.320 e. The molecule has 1 aromatic carbocycles. The molecule has 128 valence electrons. The van der Waals surface area contributed by atoms with Crippen molar-refractivity contribution in [3.8, 4) is 5.88 Å². The number of hydrogen-bond acceptors (Lipinski definition) is 4. The van der Waals surface area contributed by atoms with Crippen molar-refractivity contribution in [2.24, 2.45) is 0 Å². The van der Waals surface area contributed by atoms with Crippen LogP contribution in [0.3, 0.4) is 0 Å². The first-order valence-corrected chi connectivity index (χ1v) is 7.78. The Morgan fingerprint density at radius 2 is 1.75 bits per heavy atom. The molecule has 2 rings (SSSR count). The molecule has 1 heterocycles. The maximum absolute atomic E-state index is 12.1. The standard InChI is InChI=1S/C18H24N4O2/c1-11-6-12(2)8-15(7-11)19-10-20-18(23)22-16-9-13(3)14(4)21-17(16)24-5/h6-9,19H,10H2,1-5H3,(H2,20,22,23). The molecule has 0 unspecified atom stereocenters. The fraction of sp³-hybridized carbons (Fsp3) is 0.333. The third-order valence-corrected chi connectivity index (χ3v) is 3.64. The van der Waals surface area contributed by atoms with Gasteiger partial charge in [-0.3, -0.25) is 0 Å². The molecule has 0 bridgehead atoms. The number of anilines is 2. The number of methoxy groups -OCH3 is 1. The van der Waals surface area contributed by atoms with E-state index in [0.717, 1.165) is 16.9 Å². The summed E-state index contributed by atoms with van der Waals surface area (Å²) in [5, 5.41) is 8.69.